The van der Waals surface area contributed by atoms with Gasteiger partial charge in [0, 0.05) is 18.7 Å². The van der Waals surface area contributed by atoms with Crippen LogP contribution in [0, 0.1) is 5.82 Å². The van der Waals surface area contributed by atoms with Crippen LogP contribution in [-0.4, -0.2) is 38.0 Å². The topological polar surface area (TPSA) is 39.7 Å². The van der Waals surface area contributed by atoms with Crippen LogP contribution in [0.1, 0.15) is 24.1 Å². The third-order valence-corrected chi connectivity index (χ3v) is 3.98. The van der Waals surface area contributed by atoms with E-state index in [-0.39, 0.29) is 11.9 Å². The van der Waals surface area contributed by atoms with Gasteiger partial charge < -0.3 is 15.5 Å². The number of guanidine groups is 1. The van der Waals surface area contributed by atoms with Crippen LogP contribution in [0.3, 0.4) is 0 Å². The van der Waals surface area contributed by atoms with Crippen LogP contribution in [0.2, 0.25) is 0 Å². The SMILES string of the molecule is CCNC(=NCc1ccccc1F)NCC(c1ccccc1)N(C)C. The number of nitrogens with one attached hydrogen (secondary N) is 2. The van der Waals surface area contributed by atoms with Gasteiger partial charge in [-0.3, -0.25) is 0 Å². The summed E-state index contributed by atoms with van der Waals surface area (Å²) in [6, 6.07) is 17.3. The Labute approximate surface area is 149 Å². The Kier molecular flexibility index (Phi) is 7.41. The highest BCUT2D eigenvalue weighted by Gasteiger charge is 2.14. The van der Waals surface area contributed by atoms with Crippen molar-refractivity contribution in [1.29, 1.82) is 0 Å². The first kappa shape index (κ1) is 18.9. The molecule has 0 heterocycles. The first-order valence-electron chi connectivity index (χ1n) is 8.58. The second-order valence-corrected chi connectivity index (χ2v) is 6.06. The molecule has 0 aromatic heterocycles. The second-order valence-electron chi connectivity index (χ2n) is 6.06. The van der Waals surface area contributed by atoms with Gasteiger partial charge >= 0.3 is 0 Å². The van der Waals surface area contributed by atoms with Crippen LogP contribution in [0.4, 0.5) is 4.39 Å². The van der Waals surface area contributed by atoms with Crippen LogP contribution in [0.25, 0.3) is 0 Å². The molecule has 0 aliphatic heterocycles. The summed E-state index contributed by atoms with van der Waals surface area (Å²) >= 11 is 0. The molecule has 0 bridgehead atoms. The number of nitrogens with zero attached hydrogens (tertiary/aromatic N) is 2. The van der Waals surface area contributed by atoms with Gasteiger partial charge in [-0.25, -0.2) is 9.38 Å². The molecular formula is C20H27FN4. The summed E-state index contributed by atoms with van der Waals surface area (Å²) in [5.41, 5.74) is 1.83. The quantitative estimate of drug-likeness (QED) is 0.600. The van der Waals surface area contributed by atoms with Gasteiger partial charge in [0.25, 0.3) is 0 Å². The van der Waals surface area contributed by atoms with Crippen LogP contribution in [0.5, 0.6) is 0 Å². The minimum atomic E-state index is -0.224. The van der Waals surface area contributed by atoms with Crippen LogP contribution in [-0.2, 0) is 6.54 Å². The Morgan fingerprint density at radius 1 is 1.04 bits per heavy atom. The van der Waals surface area contributed by atoms with Crippen LogP contribution < -0.4 is 10.6 Å². The minimum absolute atomic E-state index is 0.221. The van der Waals surface area contributed by atoms with E-state index in [1.807, 2.05) is 31.2 Å². The monoisotopic (exact) mass is 342 g/mol. The van der Waals surface area contributed by atoms with Crippen molar-refractivity contribution in [2.45, 2.75) is 19.5 Å². The van der Waals surface area contributed by atoms with Crippen molar-refractivity contribution in [3.63, 3.8) is 0 Å². The van der Waals surface area contributed by atoms with Crippen LogP contribution in [0.15, 0.2) is 59.6 Å². The number of likely N-dealkylation sites (N-methyl/N-ethyl adjacent to an activating group) is 1. The smallest absolute Gasteiger partial charge is 0.191 e. The lowest BCUT2D eigenvalue weighted by Gasteiger charge is -2.26. The minimum Gasteiger partial charge on any atom is -0.357 e. The first-order valence-corrected chi connectivity index (χ1v) is 8.58. The fraction of sp³-hybridized carbons (Fsp3) is 0.350. The summed E-state index contributed by atoms with van der Waals surface area (Å²) in [6.07, 6.45) is 0. The fourth-order valence-corrected chi connectivity index (χ4v) is 2.60. The zero-order chi connectivity index (χ0) is 18.1. The summed E-state index contributed by atoms with van der Waals surface area (Å²) < 4.78 is 13.8. The number of aliphatic imine (C=N–C) groups is 1. The molecule has 2 N–H and O–H groups in total. The molecule has 0 fully saturated rings. The molecule has 2 rings (SSSR count). The molecule has 134 valence electrons. The predicted molar refractivity (Wildman–Crippen MR) is 102 cm³/mol. The molecule has 0 amide bonds. The van der Waals surface area contributed by atoms with Gasteiger partial charge in [-0.2, -0.15) is 0 Å². The van der Waals surface area contributed by atoms with Gasteiger partial charge in [0.1, 0.15) is 5.82 Å². The molecule has 5 heteroatoms. The lowest BCUT2D eigenvalue weighted by atomic mass is 10.1. The number of halogens is 1. The summed E-state index contributed by atoms with van der Waals surface area (Å²) in [4.78, 5) is 6.67. The van der Waals surface area contributed by atoms with E-state index in [2.05, 4.69) is 46.8 Å². The van der Waals surface area contributed by atoms with E-state index in [0.717, 1.165) is 6.54 Å². The lowest BCUT2D eigenvalue weighted by Crippen LogP contribution is -2.41. The van der Waals surface area contributed by atoms with E-state index >= 15 is 0 Å². The molecule has 0 saturated heterocycles. The number of hydrogen-bond acceptors (Lipinski definition) is 2. The van der Waals surface area contributed by atoms with E-state index in [0.29, 0.717) is 24.6 Å². The van der Waals surface area contributed by atoms with Crippen LogP contribution >= 0.6 is 0 Å². The molecule has 0 aliphatic carbocycles. The molecule has 25 heavy (non-hydrogen) atoms. The zero-order valence-electron chi connectivity index (χ0n) is 15.2. The predicted octanol–water partition coefficient (Wildman–Crippen LogP) is 3.18. The molecule has 2 aromatic carbocycles. The maximum Gasteiger partial charge on any atom is 0.191 e. The second kappa shape index (κ2) is 9.79. The molecule has 0 spiro atoms. The Hall–Kier alpha value is -2.40. The van der Waals surface area contributed by atoms with Gasteiger partial charge in [0.05, 0.1) is 12.6 Å². The Morgan fingerprint density at radius 2 is 1.72 bits per heavy atom. The van der Waals surface area contributed by atoms with Crippen molar-refractivity contribution >= 4 is 5.96 Å². The van der Waals surface area contributed by atoms with E-state index in [9.17, 15) is 4.39 Å². The van der Waals surface area contributed by atoms with Gasteiger partial charge in [0.2, 0.25) is 0 Å². The molecular weight excluding hydrogens is 315 g/mol. The van der Waals surface area contributed by atoms with Crippen molar-refractivity contribution in [2.24, 2.45) is 4.99 Å². The molecule has 1 atom stereocenters. The van der Waals surface area contributed by atoms with E-state index in [1.54, 1.807) is 12.1 Å². The van der Waals surface area contributed by atoms with Gasteiger partial charge in [0.15, 0.2) is 5.96 Å². The van der Waals surface area contributed by atoms with Crippen molar-refractivity contribution in [3.8, 4) is 0 Å². The summed E-state index contributed by atoms with van der Waals surface area (Å²) in [7, 11) is 4.12. The standard InChI is InChI=1S/C20H27FN4/c1-4-22-20(23-14-17-12-8-9-13-18(17)21)24-15-19(25(2)3)16-10-6-5-7-11-16/h5-13,19H,4,14-15H2,1-3H3,(H2,22,23,24). The fourth-order valence-electron chi connectivity index (χ4n) is 2.60. The van der Waals surface area contributed by atoms with E-state index in [1.165, 1.54) is 11.6 Å². The van der Waals surface area contributed by atoms with Gasteiger partial charge in [-0.1, -0.05) is 48.5 Å². The Morgan fingerprint density at radius 3 is 2.36 bits per heavy atom. The summed E-state index contributed by atoms with van der Waals surface area (Å²) in [5.74, 6) is 0.464. The number of benzene rings is 2. The molecule has 4 nitrogen and oxygen atoms in total. The highest BCUT2D eigenvalue weighted by atomic mass is 19.1. The number of hydrogen-bond donors (Lipinski definition) is 2. The third kappa shape index (κ3) is 5.87. The third-order valence-electron chi connectivity index (χ3n) is 3.98. The average molecular weight is 342 g/mol. The highest BCUT2D eigenvalue weighted by molar-refractivity contribution is 5.79. The number of rotatable bonds is 7. The van der Waals surface area contributed by atoms with Crippen molar-refractivity contribution < 1.29 is 4.39 Å². The maximum atomic E-state index is 13.8. The Balaban J connectivity index is 2.04. The normalized spacial score (nSPS) is 12.9. The van der Waals surface area contributed by atoms with E-state index in [4.69, 9.17) is 0 Å². The van der Waals surface area contributed by atoms with Crippen molar-refractivity contribution in [2.75, 3.05) is 27.2 Å². The molecule has 1 unspecified atom stereocenters. The van der Waals surface area contributed by atoms with Gasteiger partial charge in [-0.05, 0) is 32.6 Å². The molecule has 0 radical (unpaired) electrons. The largest absolute Gasteiger partial charge is 0.357 e. The Bertz CT molecular complexity index is 670. The summed E-state index contributed by atoms with van der Waals surface area (Å²) in [6.45, 7) is 3.78. The van der Waals surface area contributed by atoms with Gasteiger partial charge in [-0.15, -0.1) is 0 Å². The molecule has 0 saturated carbocycles. The first-order chi connectivity index (χ1) is 12.1. The van der Waals surface area contributed by atoms with Crippen molar-refractivity contribution in [1.82, 2.24) is 15.5 Å². The lowest BCUT2D eigenvalue weighted by molar-refractivity contribution is 0.298. The highest BCUT2D eigenvalue weighted by Crippen LogP contribution is 2.16. The van der Waals surface area contributed by atoms with Crippen molar-refractivity contribution in [3.05, 3.63) is 71.5 Å². The maximum absolute atomic E-state index is 13.8. The summed E-state index contributed by atoms with van der Waals surface area (Å²) in [5, 5.41) is 6.58. The molecule has 2 aromatic rings. The average Bonchev–Trinajstić information content (AvgIpc) is 2.61. The molecule has 0 aliphatic rings. The zero-order valence-corrected chi connectivity index (χ0v) is 15.2. The van der Waals surface area contributed by atoms with E-state index < -0.39 is 0 Å².